The summed E-state index contributed by atoms with van der Waals surface area (Å²) in [6.45, 7) is 3.95. The number of methoxy groups -OCH3 is 1. The first-order valence-electron chi connectivity index (χ1n) is 8.35. The Morgan fingerprint density at radius 2 is 1.92 bits per heavy atom. The van der Waals surface area contributed by atoms with E-state index >= 15 is 0 Å². The van der Waals surface area contributed by atoms with E-state index in [2.05, 4.69) is 0 Å². The number of sulfonamides is 1. The second-order valence-corrected chi connectivity index (χ2v) is 9.03. The van der Waals surface area contributed by atoms with Gasteiger partial charge in [-0.15, -0.1) is 0 Å². The highest BCUT2D eigenvalue weighted by Gasteiger charge is 2.56. The summed E-state index contributed by atoms with van der Waals surface area (Å²) < 4.78 is 44.2. The number of hydrogen-bond donors (Lipinski definition) is 0. The van der Waals surface area contributed by atoms with Crippen molar-refractivity contribution < 1.29 is 22.6 Å². The van der Waals surface area contributed by atoms with Crippen molar-refractivity contribution in [3.8, 4) is 11.5 Å². The lowest BCUT2D eigenvalue weighted by Gasteiger charge is -2.30. The van der Waals surface area contributed by atoms with Gasteiger partial charge in [0.2, 0.25) is 0 Å². The van der Waals surface area contributed by atoms with Crippen LogP contribution in [-0.2, 0) is 14.8 Å². The molecule has 0 bridgehead atoms. The van der Waals surface area contributed by atoms with Crippen molar-refractivity contribution in [3.05, 3.63) is 48.0 Å². The maximum Gasteiger partial charge on any atom is 0.264 e. The Balaban J connectivity index is 1.70. The Kier molecular flexibility index (Phi) is 3.71. The van der Waals surface area contributed by atoms with Crippen LogP contribution in [0.5, 0.6) is 11.5 Å². The number of nitrogens with zero attached hydrogens (tertiary/aromatic N) is 1. The summed E-state index contributed by atoms with van der Waals surface area (Å²) in [5.74, 6) is 1.27. The fourth-order valence-corrected chi connectivity index (χ4v) is 4.55. The van der Waals surface area contributed by atoms with Crippen LogP contribution >= 0.6 is 0 Å². The van der Waals surface area contributed by atoms with E-state index in [1.807, 2.05) is 13.8 Å². The molecule has 1 fully saturated rings. The number of ether oxygens (including phenoxy) is 3. The van der Waals surface area contributed by atoms with E-state index in [0.717, 1.165) is 5.56 Å². The first-order chi connectivity index (χ1) is 12.2. The number of anilines is 1. The largest absolute Gasteiger partial charge is 0.497 e. The lowest BCUT2D eigenvalue weighted by molar-refractivity contribution is 0.0724. The summed E-state index contributed by atoms with van der Waals surface area (Å²) in [6.07, 6.45) is -0.143. The number of benzene rings is 2. The van der Waals surface area contributed by atoms with Gasteiger partial charge < -0.3 is 14.2 Å². The standard InChI is InChI=1S/C19H21NO5S/c1-19(2)18-17(24-18)15-11-14(8-9-16(15)25-19)26(21,22)20(3)12-6-5-7-13(10-12)23-4/h5-11,17-18H,1-4H3. The number of hydrogen-bond acceptors (Lipinski definition) is 5. The summed E-state index contributed by atoms with van der Waals surface area (Å²) >= 11 is 0. The Bertz CT molecular complexity index is 970. The van der Waals surface area contributed by atoms with Crippen molar-refractivity contribution in [2.45, 2.75) is 36.6 Å². The molecule has 2 aliphatic rings. The molecule has 0 saturated carbocycles. The molecule has 26 heavy (non-hydrogen) atoms. The fourth-order valence-electron chi connectivity index (χ4n) is 3.32. The molecule has 0 aliphatic carbocycles. The van der Waals surface area contributed by atoms with Crippen LogP contribution in [0.1, 0.15) is 25.5 Å². The van der Waals surface area contributed by atoms with E-state index in [4.69, 9.17) is 14.2 Å². The first kappa shape index (κ1) is 17.2. The van der Waals surface area contributed by atoms with Gasteiger partial charge in [0.25, 0.3) is 10.0 Å². The second kappa shape index (κ2) is 5.62. The summed E-state index contributed by atoms with van der Waals surface area (Å²) in [5.41, 5.74) is 0.907. The van der Waals surface area contributed by atoms with Crippen LogP contribution in [0.2, 0.25) is 0 Å². The molecule has 2 unspecified atom stereocenters. The first-order valence-corrected chi connectivity index (χ1v) is 9.79. The van der Waals surface area contributed by atoms with E-state index in [1.165, 1.54) is 11.4 Å². The highest BCUT2D eigenvalue weighted by molar-refractivity contribution is 7.92. The zero-order chi connectivity index (χ0) is 18.7. The van der Waals surface area contributed by atoms with Crippen LogP contribution < -0.4 is 13.8 Å². The van der Waals surface area contributed by atoms with Gasteiger partial charge >= 0.3 is 0 Å². The van der Waals surface area contributed by atoms with Crippen LogP contribution in [0.3, 0.4) is 0 Å². The van der Waals surface area contributed by atoms with Gasteiger partial charge in [-0.05, 0) is 44.2 Å². The summed E-state index contributed by atoms with van der Waals surface area (Å²) in [7, 11) is -0.644. The fraction of sp³-hybridized carbons (Fsp3) is 0.368. The average Bonchev–Trinajstić information content (AvgIpc) is 3.42. The molecule has 0 N–H and O–H groups in total. The monoisotopic (exact) mass is 375 g/mol. The average molecular weight is 375 g/mol. The van der Waals surface area contributed by atoms with Gasteiger partial charge in [-0.3, -0.25) is 4.31 Å². The molecule has 0 aromatic heterocycles. The smallest absolute Gasteiger partial charge is 0.264 e. The molecule has 2 heterocycles. The lowest BCUT2D eigenvalue weighted by Crippen LogP contribution is -2.37. The molecular formula is C19H21NO5S. The third-order valence-electron chi connectivity index (χ3n) is 4.91. The highest BCUT2D eigenvalue weighted by atomic mass is 32.2. The van der Waals surface area contributed by atoms with Gasteiger partial charge in [-0.2, -0.15) is 0 Å². The third-order valence-corrected chi connectivity index (χ3v) is 6.69. The van der Waals surface area contributed by atoms with Gasteiger partial charge in [0.05, 0.1) is 17.7 Å². The minimum Gasteiger partial charge on any atom is -0.497 e. The quantitative estimate of drug-likeness (QED) is 0.768. The maximum absolute atomic E-state index is 13.1. The molecule has 2 atom stereocenters. The van der Waals surface area contributed by atoms with Crippen molar-refractivity contribution in [2.75, 3.05) is 18.5 Å². The van der Waals surface area contributed by atoms with Gasteiger partial charge in [0.15, 0.2) is 0 Å². The van der Waals surface area contributed by atoms with E-state index in [1.54, 1.807) is 49.6 Å². The zero-order valence-corrected chi connectivity index (χ0v) is 15.9. The molecule has 6 nitrogen and oxygen atoms in total. The number of rotatable bonds is 4. The molecule has 0 spiro atoms. The number of epoxide rings is 1. The minimum atomic E-state index is -3.72. The predicted molar refractivity (Wildman–Crippen MR) is 97.3 cm³/mol. The van der Waals surface area contributed by atoms with Crippen LogP contribution in [0.4, 0.5) is 5.69 Å². The maximum atomic E-state index is 13.1. The van der Waals surface area contributed by atoms with Crippen molar-refractivity contribution in [1.82, 2.24) is 0 Å². The van der Waals surface area contributed by atoms with Gasteiger partial charge in [-0.25, -0.2) is 8.42 Å². The van der Waals surface area contributed by atoms with E-state index in [0.29, 0.717) is 17.2 Å². The molecular weight excluding hydrogens is 354 g/mol. The normalized spacial score (nSPS) is 22.6. The van der Waals surface area contributed by atoms with Gasteiger partial charge in [-0.1, -0.05) is 6.07 Å². The third kappa shape index (κ3) is 2.62. The molecule has 2 aliphatic heterocycles. The molecule has 1 saturated heterocycles. The van der Waals surface area contributed by atoms with Crippen LogP contribution in [0, 0.1) is 0 Å². The lowest BCUT2D eigenvalue weighted by atomic mass is 9.94. The Labute approximate surface area is 153 Å². The topological polar surface area (TPSA) is 68.4 Å². The van der Waals surface area contributed by atoms with Crippen LogP contribution in [-0.4, -0.2) is 34.3 Å². The van der Waals surface area contributed by atoms with E-state index in [9.17, 15) is 8.42 Å². The Morgan fingerprint density at radius 3 is 2.65 bits per heavy atom. The summed E-state index contributed by atoms with van der Waals surface area (Å²) in [4.78, 5) is 0.208. The molecule has 2 aromatic carbocycles. The highest BCUT2D eigenvalue weighted by Crippen LogP contribution is 2.54. The summed E-state index contributed by atoms with van der Waals surface area (Å²) in [5, 5.41) is 0. The van der Waals surface area contributed by atoms with Crippen LogP contribution in [0.15, 0.2) is 47.4 Å². The van der Waals surface area contributed by atoms with Crippen molar-refractivity contribution >= 4 is 15.7 Å². The summed E-state index contributed by atoms with van der Waals surface area (Å²) in [6, 6.07) is 11.9. The number of fused-ring (bicyclic) bond motifs is 3. The van der Waals surface area contributed by atoms with Gasteiger partial charge in [0, 0.05) is 18.7 Å². The predicted octanol–water partition coefficient (Wildman–Crippen LogP) is 3.13. The van der Waals surface area contributed by atoms with E-state index in [-0.39, 0.29) is 17.1 Å². The zero-order valence-electron chi connectivity index (χ0n) is 15.1. The SMILES string of the molecule is COc1cccc(N(C)S(=O)(=O)c2ccc3c(c2)C2OC2C(C)(C)O3)c1. The molecule has 4 rings (SSSR count). The van der Waals surface area contributed by atoms with E-state index < -0.39 is 15.6 Å². The van der Waals surface area contributed by atoms with Crippen molar-refractivity contribution in [2.24, 2.45) is 0 Å². The molecule has 138 valence electrons. The second-order valence-electron chi connectivity index (χ2n) is 7.06. The molecule has 7 heteroatoms. The Hall–Kier alpha value is -2.25. The molecule has 0 amide bonds. The Morgan fingerprint density at radius 1 is 1.15 bits per heavy atom. The molecule has 0 radical (unpaired) electrons. The van der Waals surface area contributed by atoms with Crippen LogP contribution in [0.25, 0.3) is 0 Å². The van der Waals surface area contributed by atoms with Crippen molar-refractivity contribution in [1.29, 1.82) is 0 Å². The molecule has 2 aromatic rings. The van der Waals surface area contributed by atoms with Crippen molar-refractivity contribution in [3.63, 3.8) is 0 Å². The minimum absolute atomic E-state index is 0.0379. The van der Waals surface area contributed by atoms with Gasteiger partial charge in [0.1, 0.15) is 29.3 Å².